The van der Waals surface area contributed by atoms with Crippen molar-refractivity contribution in [3.8, 4) is 0 Å². The Balaban J connectivity index is 0.00000289. The number of halogens is 1. The molecule has 1 aliphatic carbocycles. The van der Waals surface area contributed by atoms with Crippen LogP contribution in [-0.4, -0.2) is 29.0 Å². The fraction of sp³-hybridized carbons (Fsp3) is 0.923. The van der Waals surface area contributed by atoms with E-state index in [0.717, 1.165) is 45.1 Å². The molecule has 3 N–H and O–H groups in total. The minimum absolute atomic E-state index is 0. The van der Waals surface area contributed by atoms with Gasteiger partial charge >= 0.3 is 0 Å². The Bertz CT molecular complexity index is 255. The summed E-state index contributed by atoms with van der Waals surface area (Å²) in [5, 5.41) is 3.07. The molecule has 0 saturated heterocycles. The summed E-state index contributed by atoms with van der Waals surface area (Å²) in [7, 11) is 0. The molecule has 1 aliphatic rings. The van der Waals surface area contributed by atoms with Crippen molar-refractivity contribution in [2.45, 2.75) is 62.7 Å². The Morgan fingerprint density at radius 1 is 1.33 bits per heavy atom. The quantitative estimate of drug-likeness (QED) is 0.792. The zero-order valence-electron chi connectivity index (χ0n) is 11.8. The van der Waals surface area contributed by atoms with Crippen LogP contribution in [0.4, 0.5) is 0 Å². The molecule has 5 heteroatoms. The summed E-state index contributed by atoms with van der Waals surface area (Å²) in [5.41, 5.74) is 5.55. The molecule has 1 saturated carbocycles. The molecular weight excluding hydrogens is 268 g/mol. The zero-order chi connectivity index (χ0) is 12.9. The Hall–Kier alpha value is 0.0700. The largest absolute Gasteiger partial charge is 0.353 e. The van der Waals surface area contributed by atoms with E-state index in [9.17, 15) is 4.79 Å². The fourth-order valence-electron chi connectivity index (χ4n) is 2.51. The highest BCUT2D eigenvalue weighted by atomic mass is 35.5. The van der Waals surface area contributed by atoms with Gasteiger partial charge in [-0.3, -0.25) is 4.79 Å². The number of carbonyl (C=O) groups excluding carboxylic acids is 1. The van der Waals surface area contributed by atoms with Gasteiger partial charge < -0.3 is 11.1 Å². The third-order valence-electron chi connectivity index (χ3n) is 4.24. The summed E-state index contributed by atoms with van der Waals surface area (Å²) in [5.74, 6) is 0.0512. The van der Waals surface area contributed by atoms with Crippen molar-refractivity contribution < 1.29 is 4.79 Å². The summed E-state index contributed by atoms with van der Waals surface area (Å²) < 4.78 is 0.171. The van der Waals surface area contributed by atoms with Gasteiger partial charge in [-0.15, -0.1) is 12.4 Å². The Morgan fingerprint density at radius 2 is 1.83 bits per heavy atom. The van der Waals surface area contributed by atoms with Gasteiger partial charge in [0.2, 0.25) is 5.91 Å². The van der Waals surface area contributed by atoms with Crippen molar-refractivity contribution in [1.29, 1.82) is 0 Å². The number of rotatable bonds is 6. The number of carbonyl (C=O) groups is 1. The highest BCUT2D eigenvalue weighted by molar-refractivity contribution is 8.00. The molecule has 3 nitrogen and oxygen atoms in total. The average Bonchev–Trinajstić information content (AvgIpc) is 2.80. The number of thioether (sulfide) groups is 1. The summed E-state index contributed by atoms with van der Waals surface area (Å²) in [6.45, 7) is 5.10. The molecule has 0 aromatic heterocycles. The molecule has 18 heavy (non-hydrogen) atoms. The van der Waals surface area contributed by atoms with E-state index >= 15 is 0 Å². The first-order valence-electron chi connectivity index (χ1n) is 6.64. The van der Waals surface area contributed by atoms with Gasteiger partial charge in [-0.1, -0.05) is 26.7 Å². The molecule has 0 aliphatic heterocycles. The van der Waals surface area contributed by atoms with E-state index < -0.39 is 5.54 Å². The predicted octanol–water partition coefficient (Wildman–Crippen LogP) is 2.72. The topological polar surface area (TPSA) is 55.1 Å². The normalized spacial score (nSPS) is 18.2. The first-order chi connectivity index (χ1) is 8.02. The van der Waals surface area contributed by atoms with Crippen LogP contribution in [0.15, 0.2) is 0 Å². The molecular formula is C13H27ClN2OS. The van der Waals surface area contributed by atoms with Crippen molar-refractivity contribution in [2.75, 3.05) is 12.8 Å². The molecule has 1 fully saturated rings. The minimum Gasteiger partial charge on any atom is -0.353 e. The Morgan fingerprint density at radius 3 is 2.22 bits per heavy atom. The van der Waals surface area contributed by atoms with Gasteiger partial charge in [0.1, 0.15) is 0 Å². The molecule has 0 spiro atoms. The van der Waals surface area contributed by atoms with E-state index in [1.807, 2.05) is 11.8 Å². The molecule has 0 heterocycles. The SMILES string of the molecule is CCC(CC)(CNC(=O)C1(N)CCCC1)SC.Cl. The molecule has 108 valence electrons. The zero-order valence-corrected chi connectivity index (χ0v) is 13.4. The molecule has 0 aromatic carbocycles. The van der Waals surface area contributed by atoms with E-state index in [4.69, 9.17) is 5.73 Å². The van der Waals surface area contributed by atoms with Crippen molar-refractivity contribution in [3.63, 3.8) is 0 Å². The lowest BCUT2D eigenvalue weighted by Crippen LogP contribution is -2.54. The van der Waals surface area contributed by atoms with Crippen molar-refractivity contribution in [1.82, 2.24) is 5.32 Å². The van der Waals surface area contributed by atoms with Gasteiger partial charge in [0, 0.05) is 11.3 Å². The molecule has 0 atom stereocenters. The van der Waals surface area contributed by atoms with Gasteiger partial charge in [-0.25, -0.2) is 0 Å². The monoisotopic (exact) mass is 294 g/mol. The molecule has 0 aromatic rings. The summed E-state index contributed by atoms with van der Waals surface area (Å²) in [6.07, 6.45) is 8.10. The molecule has 0 radical (unpaired) electrons. The van der Waals surface area contributed by atoms with Gasteiger partial charge in [-0.2, -0.15) is 11.8 Å². The second kappa shape index (κ2) is 7.61. The number of nitrogens with two attached hydrogens (primary N) is 1. The smallest absolute Gasteiger partial charge is 0.240 e. The van der Waals surface area contributed by atoms with Crippen LogP contribution in [0.2, 0.25) is 0 Å². The van der Waals surface area contributed by atoms with Crippen LogP contribution < -0.4 is 11.1 Å². The minimum atomic E-state index is -0.592. The predicted molar refractivity (Wildman–Crippen MR) is 82.5 cm³/mol. The second-order valence-electron chi connectivity index (χ2n) is 5.14. The van der Waals surface area contributed by atoms with E-state index in [-0.39, 0.29) is 23.1 Å². The molecule has 0 unspecified atom stereocenters. The highest BCUT2D eigenvalue weighted by Gasteiger charge is 2.38. The van der Waals surface area contributed by atoms with Crippen molar-refractivity contribution in [3.05, 3.63) is 0 Å². The lowest BCUT2D eigenvalue weighted by Gasteiger charge is -2.32. The third-order valence-corrected chi connectivity index (χ3v) is 5.83. The van der Waals surface area contributed by atoms with Crippen molar-refractivity contribution >= 4 is 30.1 Å². The summed E-state index contributed by atoms with van der Waals surface area (Å²) in [6, 6.07) is 0. The van der Waals surface area contributed by atoms with Crippen LogP contribution in [0, 0.1) is 0 Å². The van der Waals surface area contributed by atoms with Crippen LogP contribution >= 0.6 is 24.2 Å². The van der Waals surface area contributed by atoms with E-state index in [2.05, 4.69) is 25.4 Å². The van der Waals surface area contributed by atoms with Gasteiger partial charge in [0.15, 0.2) is 0 Å². The van der Waals surface area contributed by atoms with E-state index in [1.165, 1.54) is 0 Å². The number of hydrogen-bond donors (Lipinski definition) is 2. The molecule has 1 amide bonds. The van der Waals surface area contributed by atoms with Crippen LogP contribution in [0.25, 0.3) is 0 Å². The second-order valence-corrected chi connectivity index (χ2v) is 6.41. The van der Waals surface area contributed by atoms with E-state index in [1.54, 1.807) is 0 Å². The number of amides is 1. The van der Waals surface area contributed by atoms with Crippen LogP contribution in [0.1, 0.15) is 52.4 Å². The molecule has 0 bridgehead atoms. The van der Waals surface area contributed by atoms with Crippen LogP contribution in [0.3, 0.4) is 0 Å². The average molecular weight is 295 g/mol. The highest BCUT2D eigenvalue weighted by Crippen LogP contribution is 2.31. The lowest BCUT2D eigenvalue weighted by atomic mass is 9.96. The van der Waals surface area contributed by atoms with Crippen LogP contribution in [0.5, 0.6) is 0 Å². The Labute approximate surface area is 121 Å². The number of nitrogens with one attached hydrogen (secondary N) is 1. The maximum Gasteiger partial charge on any atom is 0.240 e. The summed E-state index contributed by atoms with van der Waals surface area (Å²) in [4.78, 5) is 12.1. The summed E-state index contributed by atoms with van der Waals surface area (Å²) >= 11 is 1.85. The standard InChI is InChI=1S/C13H26N2OS.ClH/c1-4-12(5-2,17-3)10-15-11(16)13(14)8-6-7-9-13;/h4-10,14H2,1-3H3,(H,15,16);1H. The maximum atomic E-state index is 12.1. The van der Waals surface area contributed by atoms with Gasteiger partial charge in [0.05, 0.1) is 5.54 Å². The van der Waals surface area contributed by atoms with Gasteiger partial charge in [-0.05, 0) is 31.9 Å². The first-order valence-corrected chi connectivity index (χ1v) is 7.87. The third kappa shape index (κ3) is 4.04. The number of hydrogen-bond acceptors (Lipinski definition) is 3. The van der Waals surface area contributed by atoms with E-state index in [0.29, 0.717) is 0 Å². The fourth-order valence-corrected chi connectivity index (χ4v) is 3.31. The lowest BCUT2D eigenvalue weighted by molar-refractivity contribution is -0.126. The maximum absolute atomic E-state index is 12.1. The van der Waals surface area contributed by atoms with Gasteiger partial charge in [0.25, 0.3) is 0 Å². The Kier molecular flexibility index (Phi) is 7.64. The van der Waals surface area contributed by atoms with Crippen molar-refractivity contribution in [2.24, 2.45) is 5.73 Å². The molecule has 1 rings (SSSR count). The first kappa shape index (κ1) is 18.1. The van der Waals surface area contributed by atoms with Crippen LogP contribution in [-0.2, 0) is 4.79 Å².